The zero-order valence-corrected chi connectivity index (χ0v) is 20.5. The Morgan fingerprint density at radius 3 is 1.34 bits per heavy atom. The first kappa shape index (κ1) is 22.8. The molecule has 0 amide bonds. The summed E-state index contributed by atoms with van der Waals surface area (Å²) in [5.41, 5.74) is 10.4. The van der Waals surface area contributed by atoms with E-state index in [1.54, 1.807) is 12.1 Å². The molecular formula is C29H33BF2. The zero-order valence-electron chi connectivity index (χ0n) is 20.5. The van der Waals surface area contributed by atoms with Gasteiger partial charge < -0.3 is 0 Å². The molecule has 0 spiro atoms. The molecule has 0 bridgehead atoms. The highest BCUT2D eigenvalue weighted by molar-refractivity contribution is 6.99. The summed E-state index contributed by atoms with van der Waals surface area (Å²) in [6, 6.07) is 11.9. The van der Waals surface area contributed by atoms with Gasteiger partial charge in [0.05, 0.1) is 0 Å². The lowest BCUT2D eigenvalue weighted by Gasteiger charge is -2.26. The van der Waals surface area contributed by atoms with Crippen LogP contribution in [0.25, 0.3) is 11.1 Å². The molecule has 32 heavy (non-hydrogen) atoms. The predicted octanol–water partition coefficient (Wildman–Crippen LogP) is 6.45. The van der Waals surface area contributed by atoms with Crippen LogP contribution < -0.4 is 16.4 Å². The van der Waals surface area contributed by atoms with E-state index >= 15 is 0 Å². The third-order valence-corrected chi connectivity index (χ3v) is 7.04. The van der Waals surface area contributed by atoms with E-state index < -0.39 is 0 Å². The molecule has 1 aliphatic rings. The Labute approximate surface area is 192 Å². The lowest BCUT2D eigenvalue weighted by atomic mass is 9.36. The molecule has 0 aliphatic carbocycles. The van der Waals surface area contributed by atoms with E-state index in [1.807, 2.05) is 26.0 Å². The van der Waals surface area contributed by atoms with Gasteiger partial charge in [0.15, 0.2) is 0 Å². The van der Waals surface area contributed by atoms with Gasteiger partial charge in [-0.2, -0.15) is 0 Å². The lowest BCUT2D eigenvalue weighted by Crippen LogP contribution is -2.52. The minimum atomic E-state index is -0.236. The summed E-state index contributed by atoms with van der Waals surface area (Å²) < 4.78 is 29.3. The number of halogens is 2. The second kappa shape index (κ2) is 8.17. The normalized spacial score (nSPS) is 12.8. The number of hydrogen-bond donors (Lipinski definition) is 0. The Morgan fingerprint density at radius 2 is 1.00 bits per heavy atom. The number of aryl methyl sites for hydroxylation is 2. The molecule has 0 saturated heterocycles. The van der Waals surface area contributed by atoms with Crippen LogP contribution in [0.1, 0.15) is 87.1 Å². The van der Waals surface area contributed by atoms with Gasteiger partial charge in [0.25, 0.3) is 0 Å². The van der Waals surface area contributed by atoms with Crippen LogP contribution >= 0.6 is 0 Å². The summed E-state index contributed by atoms with van der Waals surface area (Å²) in [6.07, 6.45) is 0. The van der Waals surface area contributed by atoms with E-state index in [-0.39, 0.29) is 18.3 Å². The first-order valence-corrected chi connectivity index (χ1v) is 11.8. The van der Waals surface area contributed by atoms with Crippen molar-refractivity contribution >= 4 is 23.1 Å². The molecule has 0 fully saturated rings. The molecular weight excluding hydrogens is 397 g/mol. The summed E-state index contributed by atoms with van der Waals surface area (Å²) in [7, 11) is 0. The highest BCUT2D eigenvalue weighted by Gasteiger charge is 2.38. The van der Waals surface area contributed by atoms with Crippen molar-refractivity contribution in [1.82, 2.24) is 0 Å². The van der Waals surface area contributed by atoms with Crippen molar-refractivity contribution in [2.45, 2.75) is 73.1 Å². The van der Waals surface area contributed by atoms with E-state index in [9.17, 15) is 8.78 Å². The summed E-state index contributed by atoms with van der Waals surface area (Å²) in [5, 5.41) is 0. The van der Waals surface area contributed by atoms with Crippen LogP contribution in [0.15, 0.2) is 36.4 Å². The SMILES string of the molecule is Cc1cc2c(cc1F)-c1cc(F)c(C)cc1B2c1c(C(C)C)cc(C(C)C)cc1C(C)C. The highest BCUT2D eigenvalue weighted by atomic mass is 19.1. The Morgan fingerprint density at radius 1 is 0.594 bits per heavy atom. The summed E-state index contributed by atoms with van der Waals surface area (Å²) in [5.74, 6) is 0.655. The number of hydrogen-bond acceptors (Lipinski definition) is 0. The van der Waals surface area contributed by atoms with Crippen LogP contribution in [0, 0.1) is 25.5 Å². The van der Waals surface area contributed by atoms with Crippen molar-refractivity contribution in [1.29, 1.82) is 0 Å². The Kier molecular flexibility index (Phi) is 5.82. The zero-order chi connectivity index (χ0) is 23.5. The average molecular weight is 430 g/mol. The fourth-order valence-corrected chi connectivity index (χ4v) is 5.18. The molecule has 4 rings (SSSR count). The van der Waals surface area contributed by atoms with Crippen LogP contribution in [-0.4, -0.2) is 6.71 Å². The van der Waals surface area contributed by atoms with Crippen molar-refractivity contribution in [3.8, 4) is 11.1 Å². The van der Waals surface area contributed by atoms with Crippen molar-refractivity contribution < 1.29 is 8.78 Å². The number of fused-ring (bicyclic) bond motifs is 3. The Balaban J connectivity index is 2.13. The van der Waals surface area contributed by atoms with Gasteiger partial charge in [-0.1, -0.05) is 82.2 Å². The van der Waals surface area contributed by atoms with E-state index in [4.69, 9.17) is 0 Å². The maximum Gasteiger partial charge on any atom is 0.243 e. The molecule has 0 unspecified atom stereocenters. The minimum Gasteiger partial charge on any atom is -0.207 e. The van der Waals surface area contributed by atoms with E-state index in [0.29, 0.717) is 28.9 Å². The van der Waals surface area contributed by atoms with E-state index in [2.05, 4.69) is 53.7 Å². The summed E-state index contributed by atoms with van der Waals surface area (Å²) in [4.78, 5) is 0. The van der Waals surface area contributed by atoms with Gasteiger partial charge in [0, 0.05) is 0 Å². The molecule has 3 aromatic rings. The van der Waals surface area contributed by atoms with Gasteiger partial charge in [0.1, 0.15) is 11.6 Å². The second-order valence-electron chi connectivity index (χ2n) is 10.4. The maximum absolute atomic E-state index is 14.6. The van der Waals surface area contributed by atoms with E-state index in [0.717, 1.165) is 22.1 Å². The van der Waals surface area contributed by atoms with Crippen molar-refractivity contribution in [3.05, 3.63) is 75.8 Å². The smallest absolute Gasteiger partial charge is 0.207 e. The fourth-order valence-electron chi connectivity index (χ4n) is 5.18. The molecule has 0 saturated carbocycles. The van der Waals surface area contributed by atoms with Crippen LogP contribution in [0.3, 0.4) is 0 Å². The molecule has 0 nitrogen and oxygen atoms in total. The first-order valence-electron chi connectivity index (χ1n) is 11.8. The average Bonchev–Trinajstić information content (AvgIpc) is 2.99. The number of benzene rings is 3. The van der Waals surface area contributed by atoms with Gasteiger partial charge >= 0.3 is 0 Å². The summed E-state index contributed by atoms with van der Waals surface area (Å²) in [6.45, 7) is 17.1. The molecule has 166 valence electrons. The van der Waals surface area contributed by atoms with Gasteiger partial charge in [-0.25, -0.2) is 8.78 Å². The van der Waals surface area contributed by atoms with Crippen LogP contribution in [-0.2, 0) is 0 Å². The molecule has 0 N–H and O–H groups in total. The third-order valence-electron chi connectivity index (χ3n) is 7.04. The van der Waals surface area contributed by atoms with Crippen molar-refractivity contribution in [3.63, 3.8) is 0 Å². The molecule has 0 radical (unpaired) electrons. The number of rotatable bonds is 4. The lowest BCUT2D eigenvalue weighted by molar-refractivity contribution is 0.617. The molecule has 3 heteroatoms. The Hall–Kier alpha value is -2.42. The first-order chi connectivity index (χ1) is 15.0. The topological polar surface area (TPSA) is 0 Å². The third kappa shape index (κ3) is 3.60. The fraction of sp³-hybridized carbons (Fsp3) is 0.379. The Bertz CT molecular complexity index is 1120. The summed E-state index contributed by atoms with van der Waals surface area (Å²) >= 11 is 0. The molecule has 0 aromatic heterocycles. The molecule has 0 atom stereocenters. The van der Waals surface area contributed by atoms with Crippen LogP contribution in [0.5, 0.6) is 0 Å². The van der Waals surface area contributed by atoms with Crippen LogP contribution in [0.2, 0.25) is 0 Å². The maximum atomic E-state index is 14.6. The quantitative estimate of drug-likeness (QED) is 0.327. The van der Waals surface area contributed by atoms with Gasteiger partial charge in [-0.3, -0.25) is 0 Å². The van der Waals surface area contributed by atoms with Gasteiger partial charge in [-0.05, 0) is 82.7 Å². The van der Waals surface area contributed by atoms with Gasteiger partial charge in [0.2, 0.25) is 6.71 Å². The predicted molar refractivity (Wildman–Crippen MR) is 135 cm³/mol. The minimum absolute atomic E-state index is 0.0189. The van der Waals surface area contributed by atoms with Crippen molar-refractivity contribution in [2.75, 3.05) is 0 Å². The van der Waals surface area contributed by atoms with Gasteiger partial charge in [-0.15, -0.1) is 0 Å². The van der Waals surface area contributed by atoms with E-state index in [1.165, 1.54) is 22.2 Å². The molecule has 1 aliphatic heterocycles. The second-order valence-corrected chi connectivity index (χ2v) is 10.4. The van der Waals surface area contributed by atoms with Crippen LogP contribution in [0.4, 0.5) is 8.78 Å². The largest absolute Gasteiger partial charge is 0.243 e. The van der Waals surface area contributed by atoms with Crippen molar-refractivity contribution in [2.24, 2.45) is 0 Å². The monoisotopic (exact) mass is 430 g/mol. The molecule has 3 aromatic carbocycles. The molecule has 1 heterocycles. The highest BCUT2D eigenvalue weighted by Crippen LogP contribution is 2.31. The standard InChI is InChI=1S/C29H33BF2/c1-15(2)20-11-21(16(3)4)29(22(12-20)17(5)6)30-25-9-18(7)27(31)13-23(25)24-14-28(32)19(8)10-26(24)30/h9-17H,1-8H3.